The van der Waals surface area contributed by atoms with E-state index in [9.17, 15) is 0 Å². The third kappa shape index (κ3) is 4.54. The highest BCUT2D eigenvalue weighted by Crippen LogP contribution is 2.26. The molecule has 3 aromatic rings. The van der Waals surface area contributed by atoms with Crippen LogP contribution in [0.4, 0.5) is 5.69 Å². The number of hydrogen-bond donors (Lipinski definition) is 1. The zero-order valence-electron chi connectivity index (χ0n) is 16.3. The summed E-state index contributed by atoms with van der Waals surface area (Å²) in [7, 11) is 2.22. The first kappa shape index (κ1) is 19.4. The van der Waals surface area contributed by atoms with E-state index in [1.54, 1.807) is 0 Å². The molecule has 1 aliphatic heterocycles. The van der Waals surface area contributed by atoms with Gasteiger partial charge >= 0.3 is 0 Å². The number of pyridine rings is 1. The molecule has 1 atom stereocenters. The molecule has 0 aliphatic carbocycles. The van der Waals surface area contributed by atoms with Gasteiger partial charge in [-0.25, -0.2) is 0 Å². The highest BCUT2D eigenvalue weighted by atomic mass is 79.9. The number of aromatic nitrogens is 1. The first-order valence-electron chi connectivity index (χ1n) is 9.96. The maximum atomic E-state index is 4.47. The van der Waals surface area contributed by atoms with Crippen LogP contribution < -0.4 is 5.32 Å². The molecule has 4 rings (SSSR count). The summed E-state index contributed by atoms with van der Waals surface area (Å²) in [5.74, 6) is 0. The van der Waals surface area contributed by atoms with Gasteiger partial charge in [0.1, 0.15) is 0 Å². The van der Waals surface area contributed by atoms with Crippen molar-refractivity contribution in [3.8, 4) is 0 Å². The Kier molecular flexibility index (Phi) is 6.25. The van der Waals surface area contributed by atoms with E-state index in [1.807, 2.05) is 6.20 Å². The van der Waals surface area contributed by atoms with Crippen LogP contribution in [0.15, 0.2) is 65.3 Å². The summed E-state index contributed by atoms with van der Waals surface area (Å²) in [5, 5.41) is 4.79. The Labute approximate surface area is 175 Å². The lowest BCUT2D eigenvalue weighted by molar-refractivity contribution is 0.0897. The maximum Gasteiger partial charge on any atom is 0.0733 e. The summed E-state index contributed by atoms with van der Waals surface area (Å²) < 4.78 is 1.06. The molecule has 5 heteroatoms. The number of benzene rings is 2. The number of rotatable bonds is 6. The highest BCUT2D eigenvalue weighted by molar-refractivity contribution is 9.10. The molecule has 1 N–H and O–H groups in total. The van der Waals surface area contributed by atoms with E-state index in [2.05, 4.69) is 97.7 Å². The van der Waals surface area contributed by atoms with Crippen LogP contribution in [0.3, 0.4) is 0 Å². The zero-order chi connectivity index (χ0) is 19.3. The SMILES string of the molecule is CN1CCN(CCCNc2ccnc3cc(Br)ccc23)C(c2ccccc2)C1. The van der Waals surface area contributed by atoms with Crippen molar-refractivity contribution in [1.82, 2.24) is 14.8 Å². The van der Waals surface area contributed by atoms with Crippen molar-refractivity contribution >= 4 is 32.5 Å². The van der Waals surface area contributed by atoms with E-state index in [4.69, 9.17) is 0 Å². The predicted molar refractivity (Wildman–Crippen MR) is 121 cm³/mol. The summed E-state index contributed by atoms with van der Waals surface area (Å²) in [4.78, 5) is 9.55. The fourth-order valence-corrected chi connectivity index (χ4v) is 4.35. The third-order valence-electron chi connectivity index (χ3n) is 5.52. The lowest BCUT2D eigenvalue weighted by atomic mass is 10.0. The number of nitrogens with zero attached hydrogens (tertiary/aromatic N) is 3. The van der Waals surface area contributed by atoms with Gasteiger partial charge in [0.25, 0.3) is 0 Å². The smallest absolute Gasteiger partial charge is 0.0733 e. The van der Waals surface area contributed by atoms with Crippen molar-refractivity contribution in [2.75, 3.05) is 45.1 Å². The van der Waals surface area contributed by atoms with Gasteiger partial charge in [0.2, 0.25) is 0 Å². The number of fused-ring (bicyclic) bond motifs is 1. The molecular formula is C23H27BrN4. The molecule has 2 heterocycles. The molecule has 2 aromatic carbocycles. The van der Waals surface area contributed by atoms with Crippen LogP contribution in [-0.4, -0.2) is 54.6 Å². The van der Waals surface area contributed by atoms with Crippen LogP contribution in [0, 0.1) is 0 Å². The van der Waals surface area contributed by atoms with Crippen LogP contribution in [0.5, 0.6) is 0 Å². The highest BCUT2D eigenvalue weighted by Gasteiger charge is 2.25. The minimum absolute atomic E-state index is 0.485. The van der Waals surface area contributed by atoms with Crippen LogP contribution >= 0.6 is 15.9 Å². The van der Waals surface area contributed by atoms with Crippen molar-refractivity contribution in [1.29, 1.82) is 0 Å². The van der Waals surface area contributed by atoms with Crippen LogP contribution in [0.1, 0.15) is 18.0 Å². The fraction of sp³-hybridized carbons (Fsp3) is 0.348. The van der Waals surface area contributed by atoms with Crippen molar-refractivity contribution in [2.24, 2.45) is 0 Å². The maximum absolute atomic E-state index is 4.47. The minimum atomic E-state index is 0.485. The second kappa shape index (κ2) is 9.03. The molecule has 0 saturated carbocycles. The van der Waals surface area contributed by atoms with Gasteiger partial charge < -0.3 is 10.2 Å². The van der Waals surface area contributed by atoms with E-state index in [0.717, 1.165) is 54.8 Å². The van der Waals surface area contributed by atoms with Crippen molar-refractivity contribution in [3.05, 3.63) is 70.8 Å². The van der Waals surface area contributed by atoms with Crippen molar-refractivity contribution in [2.45, 2.75) is 12.5 Å². The Morgan fingerprint density at radius 2 is 1.96 bits per heavy atom. The Hall–Kier alpha value is -1.95. The summed E-state index contributed by atoms with van der Waals surface area (Å²) >= 11 is 3.52. The van der Waals surface area contributed by atoms with E-state index in [1.165, 1.54) is 10.9 Å². The van der Waals surface area contributed by atoms with Crippen molar-refractivity contribution < 1.29 is 0 Å². The molecule has 0 spiro atoms. The van der Waals surface area contributed by atoms with Gasteiger partial charge in [0.05, 0.1) is 5.52 Å². The van der Waals surface area contributed by atoms with Gasteiger partial charge in [-0.15, -0.1) is 0 Å². The first-order valence-corrected chi connectivity index (χ1v) is 10.8. The van der Waals surface area contributed by atoms with E-state index in [-0.39, 0.29) is 0 Å². The fourth-order valence-electron chi connectivity index (χ4n) is 4.00. The van der Waals surface area contributed by atoms with Gasteiger partial charge in [-0.05, 0) is 43.3 Å². The second-order valence-corrected chi connectivity index (χ2v) is 8.44. The predicted octanol–water partition coefficient (Wildman–Crippen LogP) is 4.79. The number of piperazine rings is 1. The second-order valence-electron chi connectivity index (χ2n) is 7.53. The van der Waals surface area contributed by atoms with E-state index >= 15 is 0 Å². The lowest BCUT2D eigenvalue weighted by Crippen LogP contribution is -2.47. The normalized spacial score (nSPS) is 18.4. The van der Waals surface area contributed by atoms with Gasteiger partial charge in [-0.3, -0.25) is 9.88 Å². The van der Waals surface area contributed by atoms with E-state index in [0.29, 0.717) is 6.04 Å². The number of anilines is 1. The third-order valence-corrected chi connectivity index (χ3v) is 6.01. The summed E-state index contributed by atoms with van der Waals surface area (Å²) in [6.07, 6.45) is 3.00. The van der Waals surface area contributed by atoms with Crippen LogP contribution in [0.25, 0.3) is 10.9 Å². The van der Waals surface area contributed by atoms with Crippen LogP contribution in [-0.2, 0) is 0 Å². The van der Waals surface area contributed by atoms with Gasteiger partial charge in [-0.1, -0.05) is 46.3 Å². The molecule has 1 aliphatic rings. The average molecular weight is 439 g/mol. The Balaban J connectivity index is 1.37. The molecule has 1 unspecified atom stereocenters. The summed E-state index contributed by atoms with van der Waals surface area (Å²) in [5.41, 5.74) is 3.60. The topological polar surface area (TPSA) is 31.4 Å². The lowest BCUT2D eigenvalue weighted by Gasteiger charge is -2.40. The Morgan fingerprint density at radius 3 is 2.82 bits per heavy atom. The Bertz CT molecular complexity index is 915. The summed E-state index contributed by atoms with van der Waals surface area (Å²) in [6.45, 7) is 5.43. The molecule has 1 saturated heterocycles. The molecule has 0 amide bonds. The molecule has 0 bridgehead atoms. The van der Waals surface area contributed by atoms with Gasteiger partial charge in [0.15, 0.2) is 0 Å². The number of halogens is 1. The standard InChI is InChI=1S/C23H27BrN4/c1-27-14-15-28(23(17-27)18-6-3-2-4-7-18)13-5-11-25-21-10-12-26-22-16-19(24)8-9-20(21)22/h2-4,6-10,12,16,23H,5,11,13-15,17H2,1H3,(H,25,26). The van der Waals surface area contributed by atoms with Crippen molar-refractivity contribution in [3.63, 3.8) is 0 Å². The number of nitrogens with one attached hydrogen (secondary N) is 1. The zero-order valence-corrected chi connectivity index (χ0v) is 17.9. The Morgan fingerprint density at radius 1 is 1.11 bits per heavy atom. The molecular weight excluding hydrogens is 412 g/mol. The van der Waals surface area contributed by atoms with Gasteiger partial charge in [0, 0.05) is 60.5 Å². The average Bonchev–Trinajstić information content (AvgIpc) is 2.72. The molecule has 146 valence electrons. The number of hydrogen-bond acceptors (Lipinski definition) is 4. The molecule has 1 aromatic heterocycles. The molecule has 28 heavy (non-hydrogen) atoms. The molecule has 0 radical (unpaired) electrons. The monoisotopic (exact) mass is 438 g/mol. The molecule has 4 nitrogen and oxygen atoms in total. The van der Waals surface area contributed by atoms with Crippen LogP contribution in [0.2, 0.25) is 0 Å². The largest absolute Gasteiger partial charge is 0.384 e. The quantitative estimate of drug-likeness (QED) is 0.560. The molecule has 1 fully saturated rings. The number of likely N-dealkylation sites (N-methyl/N-ethyl adjacent to an activating group) is 1. The minimum Gasteiger partial charge on any atom is -0.384 e. The van der Waals surface area contributed by atoms with Gasteiger partial charge in [-0.2, -0.15) is 0 Å². The van der Waals surface area contributed by atoms with E-state index < -0.39 is 0 Å². The summed E-state index contributed by atoms with van der Waals surface area (Å²) in [6, 6.07) is 19.7. The first-order chi connectivity index (χ1) is 13.7.